The van der Waals surface area contributed by atoms with Gasteiger partial charge in [0.1, 0.15) is 18.3 Å². The number of nitriles is 1. The molecule has 2 aromatic rings. The number of Topliss-reactive ketones (excluding diaryl/α,β-unsaturated/α-hetero) is 1. The molecule has 2 aliphatic carbocycles. The van der Waals surface area contributed by atoms with Crippen LogP contribution < -0.4 is 9.47 Å². The number of methoxy groups -OCH3 is 2. The Kier molecular flexibility index (Phi) is 5.69. The van der Waals surface area contributed by atoms with E-state index in [1.807, 2.05) is 48.5 Å². The normalized spacial score (nSPS) is 26.7. The molecule has 6 heteroatoms. The Labute approximate surface area is 181 Å². The highest BCUT2D eigenvalue weighted by molar-refractivity contribution is 6.01. The van der Waals surface area contributed by atoms with E-state index in [9.17, 15) is 14.9 Å². The molecule has 0 saturated heterocycles. The molecule has 1 unspecified atom stereocenters. The molecule has 0 N–H and O–H groups in total. The highest BCUT2D eigenvalue weighted by Gasteiger charge is 2.57. The summed E-state index contributed by atoms with van der Waals surface area (Å²) in [7, 11) is 2.88. The number of nitrogens with zero attached hydrogens (tertiary/aromatic N) is 1. The number of fused-ring (bicyclic) bond motifs is 1. The Bertz CT molecular complexity index is 1020. The van der Waals surface area contributed by atoms with Crippen molar-refractivity contribution in [2.75, 3.05) is 14.2 Å². The first-order valence-corrected chi connectivity index (χ1v) is 10.4. The van der Waals surface area contributed by atoms with Crippen LogP contribution in [0.15, 0.2) is 48.5 Å². The number of rotatable bonds is 6. The van der Waals surface area contributed by atoms with E-state index in [1.54, 1.807) is 7.11 Å². The number of ketones is 1. The number of ether oxygens (including phenoxy) is 3. The van der Waals surface area contributed by atoms with E-state index in [4.69, 9.17) is 14.2 Å². The van der Waals surface area contributed by atoms with Crippen LogP contribution in [0.1, 0.15) is 30.4 Å². The maximum atomic E-state index is 12.4. The van der Waals surface area contributed by atoms with Crippen LogP contribution in [-0.4, -0.2) is 26.0 Å². The van der Waals surface area contributed by atoms with Crippen molar-refractivity contribution in [3.8, 4) is 17.6 Å². The molecule has 2 aromatic carbocycles. The number of carbonyl (C=O) groups excluding carboxylic acids is 2. The molecule has 0 spiro atoms. The van der Waals surface area contributed by atoms with Crippen molar-refractivity contribution in [2.45, 2.75) is 31.3 Å². The van der Waals surface area contributed by atoms with Gasteiger partial charge in [-0.15, -0.1) is 0 Å². The van der Waals surface area contributed by atoms with E-state index in [1.165, 1.54) is 7.11 Å². The molecule has 31 heavy (non-hydrogen) atoms. The minimum atomic E-state index is -0.778. The Balaban J connectivity index is 1.61. The zero-order valence-corrected chi connectivity index (χ0v) is 17.7. The van der Waals surface area contributed by atoms with Gasteiger partial charge in [0, 0.05) is 6.42 Å². The summed E-state index contributed by atoms with van der Waals surface area (Å²) in [6, 6.07) is 17.9. The van der Waals surface area contributed by atoms with Gasteiger partial charge in [-0.25, -0.2) is 0 Å². The minimum absolute atomic E-state index is 0.00652. The first-order chi connectivity index (χ1) is 15.0. The Hall–Kier alpha value is -3.33. The SMILES string of the molecule is COC(=O)C1C(=O)C[C@@H]2C[C@](C#N)(c3ccc(OC)c(OCc4ccccc4)c3)C[C@H]12. The van der Waals surface area contributed by atoms with Gasteiger partial charge in [0.2, 0.25) is 0 Å². The Morgan fingerprint density at radius 3 is 2.58 bits per heavy atom. The molecule has 2 aliphatic rings. The van der Waals surface area contributed by atoms with Crippen molar-refractivity contribution in [3.05, 3.63) is 59.7 Å². The van der Waals surface area contributed by atoms with Gasteiger partial charge < -0.3 is 14.2 Å². The molecule has 2 fully saturated rings. The van der Waals surface area contributed by atoms with E-state index in [0.29, 0.717) is 37.4 Å². The largest absolute Gasteiger partial charge is 0.493 e. The van der Waals surface area contributed by atoms with E-state index >= 15 is 0 Å². The van der Waals surface area contributed by atoms with Gasteiger partial charge in [0.05, 0.1) is 25.7 Å². The highest BCUT2D eigenvalue weighted by Crippen LogP contribution is 2.55. The van der Waals surface area contributed by atoms with Gasteiger partial charge in [-0.1, -0.05) is 36.4 Å². The average molecular weight is 419 g/mol. The summed E-state index contributed by atoms with van der Waals surface area (Å²) in [5.41, 5.74) is 1.07. The third kappa shape index (κ3) is 3.76. The average Bonchev–Trinajstić information content (AvgIpc) is 3.31. The maximum Gasteiger partial charge on any atom is 0.316 e. The lowest BCUT2D eigenvalue weighted by molar-refractivity contribution is -0.149. The molecule has 0 radical (unpaired) electrons. The fraction of sp³-hybridized carbons (Fsp3) is 0.400. The fourth-order valence-electron chi connectivity index (χ4n) is 5.14. The molecule has 0 aliphatic heterocycles. The van der Waals surface area contributed by atoms with E-state index < -0.39 is 17.3 Å². The number of hydrogen-bond acceptors (Lipinski definition) is 6. The van der Waals surface area contributed by atoms with Gasteiger partial charge >= 0.3 is 5.97 Å². The van der Waals surface area contributed by atoms with Crippen LogP contribution in [0.3, 0.4) is 0 Å². The fourth-order valence-corrected chi connectivity index (χ4v) is 5.14. The summed E-state index contributed by atoms with van der Waals surface area (Å²) >= 11 is 0. The molecule has 4 rings (SSSR count). The summed E-state index contributed by atoms with van der Waals surface area (Å²) in [6.45, 7) is 0.379. The van der Waals surface area contributed by atoms with Crippen molar-refractivity contribution < 1.29 is 23.8 Å². The van der Waals surface area contributed by atoms with Crippen molar-refractivity contribution >= 4 is 11.8 Å². The summed E-state index contributed by atoms with van der Waals surface area (Å²) in [6.07, 6.45) is 1.31. The molecule has 4 atom stereocenters. The number of hydrogen-bond donors (Lipinski definition) is 0. The predicted octanol–water partition coefficient (Wildman–Crippen LogP) is 3.82. The first-order valence-electron chi connectivity index (χ1n) is 10.4. The van der Waals surface area contributed by atoms with Crippen LogP contribution >= 0.6 is 0 Å². The Morgan fingerprint density at radius 2 is 1.90 bits per heavy atom. The molecular formula is C25H25NO5. The summed E-state index contributed by atoms with van der Waals surface area (Å²) < 4.78 is 16.3. The van der Waals surface area contributed by atoms with Crippen LogP contribution in [0.5, 0.6) is 11.5 Å². The van der Waals surface area contributed by atoms with Crippen molar-refractivity contribution in [1.29, 1.82) is 5.26 Å². The van der Waals surface area contributed by atoms with Crippen molar-refractivity contribution in [1.82, 2.24) is 0 Å². The van der Waals surface area contributed by atoms with Crippen LogP contribution in [0.25, 0.3) is 0 Å². The molecule has 0 aromatic heterocycles. The maximum absolute atomic E-state index is 12.4. The van der Waals surface area contributed by atoms with Gasteiger partial charge in [-0.2, -0.15) is 5.26 Å². The topological polar surface area (TPSA) is 85.6 Å². The predicted molar refractivity (Wildman–Crippen MR) is 112 cm³/mol. The second-order valence-corrected chi connectivity index (χ2v) is 8.34. The van der Waals surface area contributed by atoms with Crippen molar-refractivity contribution in [2.24, 2.45) is 17.8 Å². The van der Waals surface area contributed by atoms with Gasteiger partial charge in [-0.05, 0) is 47.9 Å². The van der Waals surface area contributed by atoms with Crippen LogP contribution in [0, 0.1) is 29.1 Å². The number of benzene rings is 2. The number of esters is 1. The van der Waals surface area contributed by atoms with Crippen molar-refractivity contribution in [3.63, 3.8) is 0 Å². The van der Waals surface area contributed by atoms with Gasteiger partial charge in [0.15, 0.2) is 11.5 Å². The molecule has 160 valence electrons. The minimum Gasteiger partial charge on any atom is -0.493 e. The number of carbonyl (C=O) groups is 2. The van der Waals surface area contributed by atoms with Gasteiger partial charge in [0.25, 0.3) is 0 Å². The monoisotopic (exact) mass is 419 g/mol. The zero-order valence-electron chi connectivity index (χ0n) is 17.7. The summed E-state index contributed by atoms with van der Waals surface area (Å²) in [5, 5.41) is 10.2. The smallest absolute Gasteiger partial charge is 0.316 e. The summed E-state index contributed by atoms with van der Waals surface area (Å²) in [4.78, 5) is 24.6. The summed E-state index contributed by atoms with van der Waals surface area (Å²) in [5.74, 6) is -0.340. The second kappa shape index (κ2) is 8.43. The van der Waals surface area contributed by atoms with Crippen LogP contribution in [0.4, 0.5) is 0 Å². The van der Waals surface area contributed by atoms with E-state index in [2.05, 4.69) is 6.07 Å². The van der Waals surface area contributed by atoms with Gasteiger partial charge in [-0.3, -0.25) is 9.59 Å². The molecule has 6 nitrogen and oxygen atoms in total. The third-order valence-corrected chi connectivity index (χ3v) is 6.66. The lowest BCUT2D eigenvalue weighted by atomic mass is 9.77. The molecule has 0 bridgehead atoms. The molecule has 0 amide bonds. The highest BCUT2D eigenvalue weighted by atomic mass is 16.5. The lowest BCUT2D eigenvalue weighted by Gasteiger charge is -2.25. The standard InChI is InChI=1S/C25H25NO5/c1-29-21-9-8-18(11-22(21)31-14-16-6-4-3-5-7-16)25(15-26)12-17-10-20(27)23(19(17)13-25)24(28)30-2/h3-9,11,17,19,23H,10,12-14H2,1-2H3/t17-,19+,23?,25+/m1/s1. The zero-order chi connectivity index (χ0) is 22.0. The van der Waals surface area contributed by atoms with Crippen LogP contribution in [-0.2, 0) is 26.3 Å². The van der Waals surface area contributed by atoms with E-state index in [0.717, 1.165) is 11.1 Å². The lowest BCUT2D eigenvalue weighted by Crippen LogP contribution is -2.29. The quantitative estimate of drug-likeness (QED) is 0.523. The first kappa shape index (κ1) is 20.9. The molecular weight excluding hydrogens is 394 g/mol. The Morgan fingerprint density at radius 1 is 1.13 bits per heavy atom. The second-order valence-electron chi connectivity index (χ2n) is 8.34. The van der Waals surface area contributed by atoms with E-state index in [-0.39, 0.29) is 17.6 Å². The molecule has 2 saturated carbocycles. The molecule has 0 heterocycles. The van der Waals surface area contributed by atoms with Crippen LogP contribution in [0.2, 0.25) is 0 Å². The third-order valence-electron chi connectivity index (χ3n) is 6.66.